The fourth-order valence-corrected chi connectivity index (χ4v) is 4.31. The quantitative estimate of drug-likeness (QED) is 0.545. The van der Waals surface area contributed by atoms with Crippen LogP contribution in [0.25, 0.3) is 10.9 Å². The van der Waals surface area contributed by atoms with E-state index < -0.39 is 5.66 Å². The molecule has 0 bridgehead atoms. The van der Waals surface area contributed by atoms with Gasteiger partial charge in [0.25, 0.3) is 5.66 Å². The number of rotatable bonds is 6. The minimum atomic E-state index is -2.99. The number of aliphatic hydroxyl groups is 1. The van der Waals surface area contributed by atoms with Gasteiger partial charge in [0, 0.05) is 24.0 Å². The van der Waals surface area contributed by atoms with E-state index in [1.54, 1.807) is 28.4 Å². The standard InChI is InChI=1S/C22H26F2N5O2P/c1-13-15(4-3-5-19(13)22(23,24)32)9-26-21-18-8-16(10-25-20(18)14(2)27-28-21)29-6-7-31-12-17(29)11-30/h3-5,8,10,17,30H,6-7,9,11-12,32H2,1-2H3,(H,26,28). The summed E-state index contributed by atoms with van der Waals surface area (Å²) in [5.74, 6) is 0.524. The first kappa shape index (κ1) is 22.7. The summed E-state index contributed by atoms with van der Waals surface area (Å²) >= 11 is 0. The first-order valence-electron chi connectivity index (χ1n) is 10.4. The van der Waals surface area contributed by atoms with Gasteiger partial charge in [0.05, 0.1) is 49.0 Å². The van der Waals surface area contributed by atoms with Gasteiger partial charge in [-0.15, -0.1) is 5.10 Å². The number of aromatic nitrogens is 3. The fraction of sp³-hybridized carbons (Fsp3) is 0.409. The van der Waals surface area contributed by atoms with Crippen LogP contribution in [0.1, 0.15) is 22.4 Å². The van der Waals surface area contributed by atoms with Crippen LogP contribution in [0.3, 0.4) is 0 Å². The molecular formula is C22H26F2N5O2P. The fourth-order valence-electron chi connectivity index (χ4n) is 4.00. The monoisotopic (exact) mass is 461 g/mol. The molecule has 170 valence electrons. The van der Waals surface area contributed by atoms with E-state index in [1.165, 1.54) is 6.07 Å². The Labute approximate surface area is 187 Å². The van der Waals surface area contributed by atoms with Crippen molar-refractivity contribution in [3.05, 3.63) is 52.8 Å². The lowest BCUT2D eigenvalue weighted by Gasteiger charge is -2.36. The summed E-state index contributed by atoms with van der Waals surface area (Å²) in [5, 5.41) is 22.2. The molecular weight excluding hydrogens is 435 g/mol. The molecule has 4 rings (SSSR count). The molecule has 7 nitrogen and oxygen atoms in total. The van der Waals surface area contributed by atoms with Gasteiger partial charge in [-0.05, 0) is 31.0 Å². The van der Waals surface area contributed by atoms with Crippen molar-refractivity contribution >= 4 is 31.6 Å². The number of fused-ring (bicyclic) bond motifs is 1. The Balaban J connectivity index is 1.67. The molecule has 1 fully saturated rings. The number of benzene rings is 1. The molecule has 2 unspecified atom stereocenters. The third kappa shape index (κ3) is 4.51. The van der Waals surface area contributed by atoms with Gasteiger partial charge >= 0.3 is 0 Å². The summed E-state index contributed by atoms with van der Waals surface area (Å²) < 4.78 is 33.2. The molecule has 2 atom stereocenters. The lowest BCUT2D eigenvalue weighted by Crippen LogP contribution is -2.47. The predicted molar refractivity (Wildman–Crippen MR) is 123 cm³/mol. The van der Waals surface area contributed by atoms with Gasteiger partial charge in [-0.2, -0.15) is 13.9 Å². The highest BCUT2D eigenvalue weighted by Crippen LogP contribution is 2.37. The lowest BCUT2D eigenvalue weighted by atomic mass is 10.0. The topological polar surface area (TPSA) is 83.4 Å². The van der Waals surface area contributed by atoms with Crippen LogP contribution in [-0.4, -0.2) is 52.7 Å². The largest absolute Gasteiger partial charge is 0.394 e. The average molecular weight is 461 g/mol. The molecule has 1 aliphatic rings. The van der Waals surface area contributed by atoms with Gasteiger partial charge in [0.2, 0.25) is 0 Å². The number of anilines is 2. The molecule has 0 aliphatic carbocycles. The number of hydrogen-bond acceptors (Lipinski definition) is 7. The zero-order valence-corrected chi connectivity index (χ0v) is 19.1. The van der Waals surface area contributed by atoms with Crippen LogP contribution >= 0.6 is 9.24 Å². The molecule has 0 spiro atoms. The number of aliphatic hydroxyl groups excluding tert-OH is 1. The summed E-state index contributed by atoms with van der Waals surface area (Å²) in [5.41, 5.74) is 0.529. The SMILES string of the molecule is Cc1c(CNc2nnc(C)c3ncc(N4CCOCC4CO)cc23)cccc1C(F)(F)P. The summed E-state index contributed by atoms with van der Waals surface area (Å²) in [6.45, 7) is 5.49. The molecule has 0 saturated carbocycles. The van der Waals surface area contributed by atoms with E-state index in [4.69, 9.17) is 4.74 Å². The number of nitrogens with one attached hydrogen (secondary N) is 1. The predicted octanol–water partition coefficient (Wildman–Crippen LogP) is 3.38. The van der Waals surface area contributed by atoms with Gasteiger partial charge in [0.15, 0.2) is 5.82 Å². The average Bonchev–Trinajstić information content (AvgIpc) is 2.78. The second-order valence-corrected chi connectivity index (χ2v) is 8.62. The zero-order chi connectivity index (χ0) is 22.9. The molecule has 3 heterocycles. The summed E-state index contributed by atoms with van der Waals surface area (Å²) in [7, 11) is 1.59. The Morgan fingerprint density at radius 1 is 1.31 bits per heavy atom. The number of halogens is 2. The highest BCUT2D eigenvalue weighted by molar-refractivity contribution is 7.17. The van der Waals surface area contributed by atoms with E-state index in [0.29, 0.717) is 48.9 Å². The van der Waals surface area contributed by atoms with Gasteiger partial charge in [-0.25, -0.2) is 0 Å². The molecule has 2 N–H and O–H groups in total. The van der Waals surface area contributed by atoms with E-state index in [0.717, 1.165) is 16.6 Å². The lowest BCUT2D eigenvalue weighted by molar-refractivity contribution is 0.0727. The molecule has 1 saturated heterocycles. The smallest absolute Gasteiger partial charge is 0.284 e. The van der Waals surface area contributed by atoms with Crippen LogP contribution in [0.4, 0.5) is 20.3 Å². The Bertz CT molecular complexity index is 1130. The van der Waals surface area contributed by atoms with E-state index in [-0.39, 0.29) is 18.2 Å². The van der Waals surface area contributed by atoms with E-state index in [9.17, 15) is 13.9 Å². The van der Waals surface area contributed by atoms with Crippen molar-refractivity contribution in [2.45, 2.75) is 32.1 Å². The van der Waals surface area contributed by atoms with E-state index >= 15 is 0 Å². The van der Waals surface area contributed by atoms with Crippen molar-refractivity contribution in [2.75, 3.05) is 36.6 Å². The molecule has 1 aliphatic heterocycles. The van der Waals surface area contributed by atoms with Gasteiger partial charge in [-0.3, -0.25) is 4.98 Å². The molecule has 1 aromatic carbocycles. The molecule has 3 aromatic rings. The highest BCUT2D eigenvalue weighted by Gasteiger charge is 2.27. The van der Waals surface area contributed by atoms with Crippen molar-refractivity contribution in [3.63, 3.8) is 0 Å². The van der Waals surface area contributed by atoms with E-state index in [2.05, 4.69) is 25.4 Å². The first-order chi connectivity index (χ1) is 15.3. The molecule has 10 heteroatoms. The summed E-state index contributed by atoms with van der Waals surface area (Å²) in [6, 6.07) is 6.71. The van der Waals surface area contributed by atoms with Crippen LogP contribution in [0.15, 0.2) is 30.5 Å². The summed E-state index contributed by atoms with van der Waals surface area (Å²) in [4.78, 5) is 6.67. The minimum absolute atomic E-state index is 0.0204. The normalized spacial score (nSPS) is 17.1. The zero-order valence-electron chi connectivity index (χ0n) is 18.0. The number of hydrogen-bond donors (Lipinski definition) is 2. The summed E-state index contributed by atoms with van der Waals surface area (Å²) in [6.07, 6.45) is 1.77. The maximum Gasteiger partial charge on any atom is 0.284 e. The number of pyridine rings is 1. The highest BCUT2D eigenvalue weighted by atomic mass is 31.0. The minimum Gasteiger partial charge on any atom is -0.394 e. The number of morpholine rings is 1. The molecule has 0 radical (unpaired) electrons. The number of alkyl halides is 2. The molecule has 0 amide bonds. The van der Waals surface area contributed by atoms with E-state index in [1.807, 2.05) is 19.1 Å². The Morgan fingerprint density at radius 2 is 2.12 bits per heavy atom. The number of aryl methyl sites for hydroxylation is 1. The maximum atomic E-state index is 13.9. The van der Waals surface area contributed by atoms with Crippen LogP contribution in [-0.2, 0) is 16.9 Å². The van der Waals surface area contributed by atoms with Gasteiger partial charge in [0.1, 0.15) is 0 Å². The Morgan fingerprint density at radius 3 is 2.88 bits per heavy atom. The first-order valence-corrected chi connectivity index (χ1v) is 10.9. The van der Waals surface area contributed by atoms with Crippen molar-refractivity contribution in [2.24, 2.45) is 0 Å². The third-order valence-electron chi connectivity index (χ3n) is 5.79. The molecule has 32 heavy (non-hydrogen) atoms. The van der Waals surface area contributed by atoms with Crippen molar-refractivity contribution in [3.8, 4) is 0 Å². The molecule has 2 aromatic heterocycles. The van der Waals surface area contributed by atoms with Crippen molar-refractivity contribution < 1.29 is 18.6 Å². The van der Waals surface area contributed by atoms with Crippen LogP contribution in [0.5, 0.6) is 0 Å². The number of ether oxygens (including phenoxy) is 1. The van der Waals surface area contributed by atoms with Crippen LogP contribution in [0.2, 0.25) is 0 Å². The Hall–Kier alpha value is -2.48. The van der Waals surface area contributed by atoms with Gasteiger partial charge < -0.3 is 20.1 Å². The van der Waals surface area contributed by atoms with Crippen molar-refractivity contribution in [1.29, 1.82) is 0 Å². The second-order valence-electron chi connectivity index (χ2n) is 7.89. The maximum absolute atomic E-state index is 13.9. The van der Waals surface area contributed by atoms with Crippen LogP contribution < -0.4 is 10.2 Å². The number of nitrogens with zero attached hydrogens (tertiary/aromatic N) is 4. The van der Waals surface area contributed by atoms with Crippen LogP contribution in [0, 0.1) is 13.8 Å². The van der Waals surface area contributed by atoms with Gasteiger partial charge in [-0.1, -0.05) is 27.4 Å². The Kier molecular flexibility index (Phi) is 6.51. The van der Waals surface area contributed by atoms with Crippen molar-refractivity contribution in [1.82, 2.24) is 15.2 Å². The third-order valence-corrected chi connectivity index (χ3v) is 6.10. The second kappa shape index (κ2) is 9.17.